The molecule has 2 atom stereocenters. The van der Waals surface area contributed by atoms with Crippen molar-refractivity contribution < 1.29 is 4.42 Å². The molecule has 2 aromatic heterocycles. The summed E-state index contributed by atoms with van der Waals surface area (Å²) < 4.78 is 9.04. The Balaban J connectivity index is 0.999. The molecule has 0 fully saturated rings. The monoisotopic (exact) mass is 785 g/mol. The number of para-hydroxylation sites is 1. The van der Waals surface area contributed by atoms with Crippen molar-refractivity contribution in [1.82, 2.24) is 9.88 Å². The molecule has 10 aromatic rings. The predicted octanol–water partition coefficient (Wildman–Crippen LogP) is 14.4. The zero-order valence-corrected chi connectivity index (χ0v) is 34.4. The van der Waals surface area contributed by atoms with Crippen molar-refractivity contribution >= 4 is 55.3 Å². The molecule has 12 rings (SSSR count). The average molecular weight is 786 g/mol. The second kappa shape index (κ2) is 13.6. The third-order valence-corrected chi connectivity index (χ3v) is 13.2. The maximum absolute atomic E-state index is 6.60. The lowest BCUT2D eigenvalue weighted by Crippen LogP contribution is -2.31. The Bertz CT molecular complexity index is 3440. The van der Waals surface area contributed by atoms with Gasteiger partial charge in [-0.3, -0.25) is 0 Å². The fourth-order valence-electron chi connectivity index (χ4n) is 10.3. The summed E-state index contributed by atoms with van der Waals surface area (Å²) in [5, 5.41) is 8.75. The first kappa shape index (κ1) is 35.5. The minimum Gasteiger partial charge on any atom is -0.456 e. The Labute approximate surface area is 355 Å². The predicted molar refractivity (Wildman–Crippen MR) is 253 cm³/mol. The second-order valence-corrected chi connectivity index (χ2v) is 17.2. The Hall–Kier alpha value is -7.43. The van der Waals surface area contributed by atoms with Gasteiger partial charge in [-0.1, -0.05) is 160 Å². The number of benzene rings is 8. The summed E-state index contributed by atoms with van der Waals surface area (Å²) in [5.41, 5.74) is 17.0. The van der Waals surface area contributed by atoms with E-state index in [-0.39, 0.29) is 17.4 Å². The van der Waals surface area contributed by atoms with Crippen LogP contribution in [0, 0.1) is 5.92 Å². The highest BCUT2D eigenvalue weighted by molar-refractivity contribution is 6.15. The SMILES string of the molecule is CC1C=C(c2ccc3c(c2)oc2cc(-c4ccccc4)ccc23)N=C(c2cccc(-n3c4ccccc4c4c5c(ccc43)-c3ccccc3C5(C)C)c2)NC1c1ccccc1. The zero-order chi connectivity index (χ0) is 40.8. The first-order chi connectivity index (χ1) is 29.9. The first-order valence-corrected chi connectivity index (χ1v) is 21.3. The van der Waals surface area contributed by atoms with E-state index < -0.39 is 0 Å². The van der Waals surface area contributed by atoms with E-state index in [1.54, 1.807) is 0 Å². The van der Waals surface area contributed by atoms with Crippen molar-refractivity contribution in [2.75, 3.05) is 0 Å². The highest BCUT2D eigenvalue weighted by Gasteiger charge is 2.38. The molecule has 4 nitrogen and oxygen atoms in total. The molecule has 0 amide bonds. The van der Waals surface area contributed by atoms with Gasteiger partial charge in [0.15, 0.2) is 0 Å². The average Bonchev–Trinajstić information content (AvgIpc) is 3.87. The van der Waals surface area contributed by atoms with Gasteiger partial charge in [0, 0.05) is 49.7 Å². The van der Waals surface area contributed by atoms with E-state index >= 15 is 0 Å². The first-order valence-electron chi connectivity index (χ1n) is 21.3. The van der Waals surface area contributed by atoms with Crippen LogP contribution in [0.5, 0.6) is 0 Å². The summed E-state index contributed by atoms with van der Waals surface area (Å²) >= 11 is 0. The third kappa shape index (κ3) is 5.55. The summed E-state index contributed by atoms with van der Waals surface area (Å²) in [5.74, 6) is 0.968. The minimum absolute atomic E-state index is 0.00661. The van der Waals surface area contributed by atoms with Gasteiger partial charge in [-0.2, -0.15) is 0 Å². The van der Waals surface area contributed by atoms with Crippen molar-refractivity contribution in [2.24, 2.45) is 10.9 Å². The van der Waals surface area contributed by atoms with Crippen LogP contribution in [-0.2, 0) is 5.41 Å². The number of aromatic nitrogens is 1. The number of hydrogen-bond acceptors (Lipinski definition) is 3. The van der Waals surface area contributed by atoms with Gasteiger partial charge >= 0.3 is 0 Å². The molecule has 8 aromatic carbocycles. The number of nitrogens with zero attached hydrogens (tertiary/aromatic N) is 2. The lowest BCUT2D eigenvalue weighted by atomic mass is 9.80. The molecule has 292 valence electrons. The van der Waals surface area contributed by atoms with Crippen molar-refractivity contribution in [3.63, 3.8) is 0 Å². The fourth-order valence-corrected chi connectivity index (χ4v) is 10.3. The van der Waals surface area contributed by atoms with Crippen LogP contribution in [0.4, 0.5) is 0 Å². The lowest BCUT2D eigenvalue weighted by Gasteiger charge is -2.24. The van der Waals surface area contributed by atoms with Crippen LogP contribution < -0.4 is 5.32 Å². The molecule has 0 saturated carbocycles. The summed E-state index contributed by atoms with van der Waals surface area (Å²) in [6.45, 7) is 7.03. The summed E-state index contributed by atoms with van der Waals surface area (Å²) in [6.07, 6.45) is 2.31. The molecule has 1 aliphatic carbocycles. The topological polar surface area (TPSA) is 42.5 Å². The number of rotatable bonds is 5. The zero-order valence-electron chi connectivity index (χ0n) is 34.4. The van der Waals surface area contributed by atoms with E-state index in [1.165, 1.54) is 55.2 Å². The molecule has 0 saturated heterocycles. The molecule has 0 radical (unpaired) electrons. The molecule has 2 unspecified atom stereocenters. The maximum Gasteiger partial charge on any atom is 0.136 e. The maximum atomic E-state index is 6.60. The quantitative estimate of drug-likeness (QED) is 0.189. The van der Waals surface area contributed by atoms with E-state index in [1.807, 2.05) is 6.07 Å². The van der Waals surface area contributed by atoms with Crippen LogP contribution in [-0.4, -0.2) is 10.4 Å². The Morgan fingerprint density at radius 2 is 1.25 bits per heavy atom. The number of nitrogens with one attached hydrogen (secondary N) is 1. The van der Waals surface area contributed by atoms with Crippen molar-refractivity contribution in [3.8, 4) is 27.9 Å². The van der Waals surface area contributed by atoms with Crippen LogP contribution in [0.2, 0.25) is 0 Å². The smallest absolute Gasteiger partial charge is 0.136 e. The molecule has 0 spiro atoms. The highest BCUT2D eigenvalue weighted by Crippen LogP contribution is 2.53. The van der Waals surface area contributed by atoms with Gasteiger partial charge in [0.25, 0.3) is 0 Å². The standard InChI is InChI=1S/C57H43N3O/c1-35-31-48(39-26-28-44-43-27-25-38(36-15-6-4-7-16-36)33-51(43)61-52(44)34-39)58-56(59-55(35)37-17-8-5-9-18-37)40-19-14-20-41(32-40)60-49-24-13-11-22-46(49)53-50(60)30-29-45-42-21-10-12-23-47(42)57(2,3)54(45)53/h4-35,55H,1-3H3,(H,58,59). The van der Waals surface area contributed by atoms with Gasteiger partial charge in [0.2, 0.25) is 0 Å². The van der Waals surface area contributed by atoms with Gasteiger partial charge in [0.05, 0.1) is 22.8 Å². The van der Waals surface area contributed by atoms with Crippen molar-refractivity contribution in [1.29, 1.82) is 0 Å². The molecule has 0 bridgehead atoms. The molecule has 2 aliphatic rings. The van der Waals surface area contributed by atoms with Gasteiger partial charge in [-0.05, 0) is 87.5 Å². The minimum atomic E-state index is -0.135. The van der Waals surface area contributed by atoms with E-state index in [0.29, 0.717) is 0 Å². The van der Waals surface area contributed by atoms with E-state index in [4.69, 9.17) is 9.41 Å². The summed E-state index contributed by atoms with van der Waals surface area (Å²) in [6, 6.07) is 65.6. The van der Waals surface area contributed by atoms with Crippen molar-refractivity contribution in [3.05, 3.63) is 216 Å². The molecule has 4 heteroatoms. The van der Waals surface area contributed by atoms with E-state index in [0.717, 1.165) is 55.8 Å². The Morgan fingerprint density at radius 1 is 0.557 bits per heavy atom. The molecular weight excluding hydrogens is 743 g/mol. The normalized spacial score (nSPS) is 16.9. The van der Waals surface area contributed by atoms with Gasteiger partial charge < -0.3 is 14.3 Å². The fraction of sp³-hybridized carbons (Fsp3) is 0.105. The molecule has 1 aliphatic heterocycles. The Kier molecular flexibility index (Phi) is 7.89. The largest absolute Gasteiger partial charge is 0.456 e. The van der Waals surface area contributed by atoms with Crippen LogP contribution in [0.15, 0.2) is 197 Å². The number of aliphatic imine (C=N–C) groups is 1. The highest BCUT2D eigenvalue weighted by atomic mass is 16.3. The molecular formula is C57H43N3O. The van der Waals surface area contributed by atoms with Crippen LogP contribution in [0.25, 0.3) is 77.4 Å². The van der Waals surface area contributed by atoms with Crippen molar-refractivity contribution in [2.45, 2.75) is 32.2 Å². The lowest BCUT2D eigenvalue weighted by molar-refractivity contribution is 0.521. The van der Waals surface area contributed by atoms with Crippen LogP contribution in [0.3, 0.4) is 0 Å². The third-order valence-electron chi connectivity index (χ3n) is 13.2. The van der Waals surface area contributed by atoms with Crippen LogP contribution >= 0.6 is 0 Å². The molecule has 3 heterocycles. The van der Waals surface area contributed by atoms with E-state index in [9.17, 15) is 0 Å². The van der Waals surface area contributed by atoms with E-state index in [2.05, 4.69) is 213 Å². The van der Waals surface area contributed by atoms with Crippen LogP contribution in [0.1, 0.15) is 54.6 Å². The molecule has 1 N–H and O–H groups in total. The summed E-state index contributed by atoms with van der Waals surface area (Å²) in [7, 11) is 0. The number of fused-ring (bicyclic) bond motifs is 10. The Morgan fingerprint density at radius 3 is 2.07 bits per heavy atom. The van der Waals surface area contributed by atoms with Gasteiger partial charge in [-0.25, -0.2) is 4.99 Å². The van der Waals surface area contributed by atoms with Gasteiger partial charge in [0.1, 0.15) is 17.0 Å². The summed E-state index contributed by atoms with van der Waals surface area (Å²) in [4.78, 5) is 5.51. The number of furan rings is 1. The molecule has 61 heavy (non-hydrogen) atoms. The number of amidine groups is 1. The second-order valence-electron chi connectivity index (χ2n) is 17.2. The van der Waals surface area contributed by atoms with Gasteiger partial charge in [-0.15, -0.1) is 0 Å². The number of hydrogen-bond donors (Lipinski definition) is 1.